The summed E-state index contributed by atoms with van der Waals surface area (Å²) in [6.45, 7) is 0. The fraction of sp³-hybridized carbons (Fsp3) is 0. The molecule has 5 heteroatoms. The highest BCUT2D eigenvalue weighted by molar-refractivity contribution is 5.30. The quantitative estimate of drug-likeness (QED) is 0.676. The minimum atomic E-state index is -0.784. The molecule has 76 valence electrons. The van der Waals surface area contributed by atoms with Gasteiger partial charge in [-0.25, -0.2) is 4.79 Å². The molecular formula is C10H8N2O3. The summed E-state index contributed by atoms with van der Waals surface area (Å²) in [4.78, 5) is 22.4. The molecule has 0 aliphatic carbocycles. The van der Waals surface area contributed by atoms with Gasteiger partial charge in [0.1, 0.15) is 0 Å². The van der Waals surface area contributed by atoms with E-state index in [-0.39, 0.29) is 4.73 Å². The maximum Gasteiger partial charge on any atom is 0.369 e. The fourth-order valence-corrected chi connectivity index (χ4v) is 1.25. The summed E-state index contributed by atoms with van der Waals surface area (Å²) in [5.41, 5.74) is -0.939. The van der Waals surface area contributed by atoms with Crippen LogP contribution in [0.15, 0.2) is 52.2 Å². The smallest absolute Gasteiger partial charge is 0.369 e. The van der Waals surface area contributed by atoms with E-state index in [1.807, 2.05) is 6.07 Å². The standard InChI is InChI=1S/C10H8N2O3/c13-9-6-7-11(10(14)12(9)15)8-4-2-1-3-5-8/h1-7,15H. The van der Waals surface area contributed by atoms with Crippen molar-refractivity contribution in [2.24, 2.45) is 0 Å². The topological polar surface area (TPSA) is 64.2 Å². The molecule has 0 saturated heterocycles. The van der Waals surface area contributed by atoms with Gasteiger partial charge in [0.15, 0.2) is 0 Å². The van der Waals surface area contributed by atoms with Crippen molar-refractivity contribution >= 4 is 0 Å². The van der Waals surface area contributed by atoms with Crippen molar-refractivity contribution in [3.63, 3.8) is 0 Å². The lowest BCUT2D eigenvalue weighted by Gasteiger charge is -2.04. The van der Waals surface area contributed by atoms with Gasteiger partial charge in [-0.05, 0) is 12.1 Å². The zero-order valence-corrected chi connectivity index (χ0v) is 7.70. The van der Waals surface area contributed by atoms with E-state index in [2.05, 4.69) is 0 Å². The summed E-state index contributed by atoms with van der Waals surface area (Å²) in [5, 5.41) is 9.12. The first kappa shape index (κ1) is 9.26. The number of rotatable bonds is 1. The highest BCUT2D eigenvalue weighted by Crippen LogP contribution is 2.01. The van der Waals surface area contributed by atoms with Crippen molar-refractivity contribution in [2.45, 2.75) is 0 Å². The molecule has 0 aliphatic rings. The van der Waals surface area contributed by atoms with Gasteiger partial charge >= 0.3 is 5.69 Å². The fourth-order valence-electron chi connectivity index (χ4n) is 1.25. The second kappa shape index (κ2) is 3.45. The normalized spacial score (nSPS) is 10.1. The Morgan fingerprint density at radius 1 is 1.00 bits per heavy atom. The van der Waals surface area contributed by atoms with Gasteiger partial charge in [-0.1, -0.05) is 22.9 Å². The molecule has 1 aromatic heterocycles. The maximum atomic E-state index is 11.5. The molecule has 0 saturated carbocycles. The van der Waals surface area contributed by atoms with Crippen LogP contribution in [-0.4, -0.2) is 14.5 Å². The number of nitrogens with zero attached hydrogens (tertiary/aromatic N) is 2. The van der Waals surface area contributed by atoms with Crippen molar-refractivity contribution in [3.8, 4) is 5.69 Å². The van der Waals surface area contributed by atoms with E-state index in [4.69, 9.17) is 5.21 Å². The lowest BCUT2D eigenvalue weighted by molar-refractivity contribution is 0.157. The molecular weight excluding hydrogens is 196 g/mol. The lowest BCUT2D eigenvalue weighted by Crippen LogP contribution is -2.36. The minimum Gasteiger partial charge on any atom is -0.421 e. The van der Waals surface area contributed by atoms with Gasteiger partial charge in [0, 0.05) is 12.3 Å². The molecule has 0 atom stereocenters. The third-order valence-corrected chi connectivity index (χ3v) is 2.00. The van der Waals surface area contributed by atoms with Crippen LogP contribution < -0.4 is 11.2 Å². The number of aromatic nitrogens is 2. The Kier molecular flexibility index (Phi) is 2.13. The number of hydrogen-bond acceptors (Lipinski definition) is 3. The molecule has 0 unspecified atom stereocenters. The Morgan fingerprint density at radius 3 is 2.33 bits per heavy atom. The molecule has 0 radical (unpaired) electrons. The summed E-state index contributed by atoms with van der Waals surface area (Å²) in [7, 11) is 0. The predicted molar refractivity (Wildman–Crippen MR) is 53.5 cm³/mol. The Balaban J connectivity index is 2.71. The van der Waals surface area contributed by atoms with Crippen LogP contribution in [0.1, 0.15) is 0 Å². The Hall–Kier alpha value is -2.30. The summed E-state index contributed by atoms with van der Waals surface area (Å²) in [6.07, 6.45) is 1.33. The van der Waals surface area contributed by atoms with Crippen LogP contribution in [0, 0.1) is 0 Å². The molecule has 0 fully saturated rings. The van der Waals surface area contributed by atoms with E-state index in [1.54, 1.807) is 24.3 Å². The zero-order valence-electron chi connectivity index (χ0n) is 7.70. The zero-order chi connectivity index (χ0) is 10.8. The van der Waals surface area contributed by atoms with E-state index in [0.717, 1.165) is 6.07 Å². The SMILES string of the molecule is O=c1ccn(-c2ccccc2)c(=O)n1O. The molecule has 0 aliphatic heterocycles. The number of hydrogen-bond donors (Lipinski definition) is 1. The highest BCUT2D eigenvalue weighted by Gasteiger charge is 2.03. The third-order valence-electron chi connectivity index (χ3n) is 2.00. The van der Waals surface area contributed by atoms with E-state index in [9.17, 15) is 9.59 Å². The molecule has 0 amide bonds. The highest BCUT2D eigenvalue weighted by atomic mass is 16.5. The second-order valence-electron chi connectivity index (χ2n) is 2.95. The molecule has 1 N–H and O–H groups in total. The molecule has 5 nitrogen and oxygen atoms in total. The van der Waals surface area contributed by atoms with E-state index < -0.39 is 11.2 Å². The van der Waals surface area contributed by atoms with Gasteiger partial charge in [-0.15, -0.1) is 0 Å². The number of para-hydroxylation sites is 1. The average Bonchev–Trinajstić information content (AvgIpc) is 2.27. The summed E-state index contributed by atoms with van der Waals surface area (Å²) in [5.74, 6) is 0. The van der Waals surface area contributed by atoms with Crippen LogP contribution in [0.4, 0.5) is 0 Å². The molecule has 2 aromatic rings. The van der Waals surface area contributed by atoms with Crippen LogP contribution in [0.2, 0.25) is 0 Å². The van der Waals surface area contributed by atoms with Gasteiger partial charge < -0.3 is 5.21 Å². The van der Waals surface area contributed by atoms with Gasteiger partial charge in [0.25, 0.3) is 5.56 Å². The van der Waals surface area contributed by atoms with Gasteiger partial charge in [-0.2, -0.15) is 0 Å². The largest absolute Gasteiger partial charge is 0.421 e. The van der Waals surface area contributed by atoms with Gasteiger partial charge in [0.05, 0.1) is 5.69 Å². The molecule has 15 heavy (non-hydrogen) atoms. The summed E-state index contributed by atoms with van der Waals surface area (Å²) < 4.78 is 1.26. The first-order chi connectivity index (χ1) is 7.20. The van der Waals surface area contributed by atoms with Crippen LogP contribution in [0.3, 0.4) is 0 Å². The molecule has 1 heterocycles. The van der Waals surface area contributed by atoms with Crippen molar-refractivity contribution in [3.05, 3.63) is 63.4 Å². The van der Waals surface area contributed by atoms with Gasteiger partial charge in [-0.3, -0.25) is 9.36 Å². The Morgan fingerprint density at radius 2 is 1.67 bits per heavy atom. The Bertz CT molecular complexity index is 584. The monoisotopic (exact) mass is 204 g/mol. The van der Waals surface area contributed by atoms with Crippen molar-refractivity contribution in [1.29, 1.82) is 0 Å². The van der Waals surface area contributed by atoms with Crippen molar-refractivity contribution < 1.29 is 5.21 Å². The Labute approximate surface area is 84.4 Å². The molecule has 0 spiro atoms. The molecule has 0 bridgehead atoms. The van der Waals surface area contributed by atoms with E-state index in [1.165, 1.54) is 10.8 Å². The lowest BCUT2D eigenvalue weighted by atomic mass is 10.3. The number of benzene rings is 1. The van der Waals surface area contributed by atoms with Crippen molar-refractivity contribution in [1.82, 2.24) is 9.30 Å². The van der Waals surface area contributed by atoms with Crippen LogP contribution in [0.25, 0.3) is 5.69 Å². The summed E-state index contributed by atoms with van der Waals surface area (Å²) in [6, 6.07) is 9.85. The summed E-state index contributed by atoms with van der Waals surface area (Å²) >= 11 is 0. The van der Waals surface area contributed by atoms with Crippen LogP contribution >= 0.6 is 0 Å². The van der Waals surface area contributed by atoms with E-state index in [0.29, 0.717) is 5.69 Å². The predicted octanol–water partition coefficient (Wildman–Crippen LogP) is 0.236. The van der Waals surface area contributed by atoms with Crippen LogP contribution in [-0.2, 0) is 0 Å². The first-order valence-electron chi connectivity index (χ1n) is 4.29. The maximum absolute atomic E-state index is 11.5. The van der Waals surface area contributed by atoms with Crippen molar-refractivity contribution in [2.75, 3.05) is 0 Å². The van der Waals surface area contributed by atoms with Crippen LogP contribution in [0.5, 0.6) is 0 Å². The average molecular weight is 204 g/mol. The third kappa shape index (κ3) is 1.54. The molecule has 2 rings (SSSR count). The first-order valence-corrected chi connectivity index (χ1v) is 4.29. The second-order valence-corrected chi connectivity index (χ2v) is 2.95. The van der Waals surface area contributed by atoms with Gasteiger partial charge in [0.2, 0.25) is 0 Å². The molecule has 1 aromatic carbocycles. The minimum absolute atomic E-state index is 0.0764. The van der Waals surface area contributed by atoms with E-state index >= 15 is 0 Å².